The van der Waals surface area contributed by atoms with Crippen LogP contribution in [-0.2, 0) is 28.7 Å². The molecule has 10 heteroatoms. The Kier molecular flexibility index (Phi) is 11.9. The van der Waals surface area contributed by atoms with Crippen LogP contribution in [0.4, 0.5) is 4.79 Å². The molecule has 0 aromatic heterocycles. The van der Waals surface area contributed by atoms with Gasteiger partial charge in [0.05, 0.1) is 6.04 Å². The number of nitrogens with zero attached hydrogens (tertiary/aromatic N) is 1. The summed E-state index contributed by atoms with van der Waals surface area (Å²) in [4.78, 5) is 82.2. The number of Topliss-reactive ketones (excluding diaryl/α,β-unsaturated/α-hetero) is 3. The molecule has 1 aliphatic heterocycles. The number of amides is 3. The molecule has 47 heavy (non-hydrogen) atoms. The summed E-state index contributed by atoms with van der Waals surface area (Å²) in [6.07, 6.45) is 4.99. The highest BCUT2D eigenvalue weighted by atomic mass is 16.6. The van der Waals surface area contributed by atoms with Crippen molar-refractivity contribution in [3.05, 3.63) is 12.7 Å². The fraction of sp³-hybridized carbons (Fsp3) is 0.784. The van der Waals surface area contributed by atoms with E-state index in [0.717, 1.165) is 12.8 Å². The maximum absolute atomic E-state index is 14.3. The first-order chi connectivity index (χ1) is 21.7. The predicted octanol–water partition coefficient (Wildman–Crippen LogP) is 5.42. The van der Waals surface area contributed by atoms with E-state index in [4.69, 9.17) is 4.74 Å². The van der Waals surface area contributed by atoms with Crippen LogP contribution in [0.2, 0.25) is 0 Å². The minimum absolute atomic E-state index is 0.0666. The van der Waals surface area contributed by atoms with Gasteiger partial charge in [-0.05, 0) is 74.0 Å². The van der Waals surface area contributed by atoms with Gasteiger partial charge in [0.25, 0.3) is 0 Å². The molecule has 0 aromatic carbocycles. The monoisotopic (exact) mass is 657 g/mol. The summed E-state index contributed by atoms with van der Waals surface area (Å²) in [7, 11) is 0. The van der Waals surface area contributed by atoms with Crippen LogP contribution in [0.25, 0.3) is 0 Å². The zero-order valence-electron chi connectivity index (χ0n) is 30.4. The molecule has 2 N–H and O–H groups in total. The normalized spacial score (nSPS) is 23.6. The predicted molar refractivity (Wildman–Crippen MR) is 180 cm³/mol. The number of ketones is 3. The molecule has 2 aliphatic carbocycles. The van der Waals surface area contributed by atoms with E-state index in [1.54, 1.807) is 11.0 Å². The molecule has 0 radical (unpaired) electrons. The molecule has 1 heterocycles. The number of urea groups is 1. The molecule has 3 rings (SSSR count). The molecule has 0 aromatic rings. The molecule has 6 atom stereocenters. The number of ether oxygens (including phenoxy) is 1. The van der Waals surface area contributed by atoms with Gasteiger partial charge in [-0.15, -0.1) is 6.58 Å². The van der Waals surface area contributed by atoms with Crippen molar-refractivity contribution in [2.75, 3.05) is 6.54 Å². The van der Waals surface area contributed by atoms with Crippen LogP contribution >= 0.6 is 0 Å². The number of carbonyl (C=O) groups excluding carboxylic acids is 6. The van der Waals surface area contributed by atoms with Crippen LogP contribution < -0.4 is 10.6 Å². The summed E-state index contributed by atoms with van der Waals surface area (Å²) in [6, 6.07) is -3.34. The van der Waals surface area contributed by atoms with Crippen LogP contribution in [0, 0.1) is 40.4 Å². The van der Waals surface area contributed by atoms with Crippen molar-refractivity contribution in [3.8, 4) is 0 Å². The smallest absolute Gasteiger partial charge is 0.329 e. The van der Waals surface area contributed by atoms with Gasteiger partial charge in [-0.25, -0.2) is 9.59 Å². The fourth-order valence-electron chi connectivity index (χ4n) is 7.32. The van der Waals surface area contributed by atoms with Gasteiger partial charge in [0.15, 0.2) is 11.6 Å². The first-order valence-corrected chi connectivity index (χ1v) is 17.5. The number of allylic oxidation sites excluding steroid dienone is 1. The molecule has 2 saturated carbocycles. The maximum atomic E-state index is 14.3. The topological polar surface area (TPSA) is 139 Å². The van der Waals surface area contributed by atoms with Crippen molar-refractivity contribution >= 4 is 35.3 Å². The lowest BCUT2D eigenvalue weighted by molar-refractivity contribution is -0.162. The lowest BCUT2D eigenvalue weighted by atomic mass is 9.84. The van der Waals surface area contributed by atoms with E-state index in [1.165, 1.54) is 0 Å². The van der Waals surface area contributed by atoms with E-state index < -0.39 is 58.6 Å². The van der Waals surface area contributed by atoms with Crippen molar-refractivity contribution in [2.24, 2.45) is 40.4 Å². The Morgan fingerprint density at radius 3 is 2.15 bits per heavy atom. The maximum Gasteiger partial charge on any atom is 0.329 e. The van der Waals surface area contributed by atoms with E-state index in [9.17, 15) is 28.8 Å². The van der Waals surface area contributed by atoms with Crippen LogP contribution in [0.15, 0.2) is 12.7 Å². The quantitative estimate of drug-likeness (QED) is 0.121. The molecule has 0 spiro atoms. The van der Waals surface area contributed by atoms with Gasteiger partial charge in [0.1, 0.15) is 17.7 Å². The Bertz CT molecular complexity index is 1240. The summed E-state index contributed by atoms with van der Waals surface area (Å²) in [5.41, 5.74) is -1.51. The zero-order valence-corrected chi connectivity index (χ0v) is 30.4. The summed E-state index contributed by atoms with van der Waals surface area (Å²) in [6.45, 7) is 23.0. The molecule has 1 saturated heterocycles. The lowest BCUT2D eigenvalue weighted by Gasteiger charge is -2.38. The second-order valence-electron chi connectivity index (χ2n) is 16.6. The Labute approximate surface area is 281 Å². The molecule has 3 fully saturated rings. The Morgan fingerprint density at radius 2 is 1.64 bits per heavy atom. The molecule has 3 amide bonds. The second kappa shape index (κ2) is 14.6. The number of piperidine rings is 1. The lowest BCUT2D eigenvalue weighted by Crippen LogP contribution is -2.61. The van der Waals surface area contributed by atoms with Crippen LogP contribution in [0.3, 0.4) is 0 Å². The highest BCUT2D eigenvalue weighted by molar-refractivity contribution is 6.38. The van der Waals surface area contributed by atoms with Crippen molar-refractivity contribution in [1.29, 1.82) is 0 Å². The number of hydrogen-bond donors (Lipinski definition) is 2. The molecule has 3 aliphatic rings. The Hall–Kier alpha value is -3.04. The van der Waals surface area contributed by atoms with E-state index in [-0.39, 0.29) is 47.7 Å². The summed E-state index contributed by atoms with van der Waals surface area (Å²) in [5.74, 6) is -2.81. The molecule has 264 valence electrons. The van der Waals surface area contributed by atoms with Gasteiger partial charge in [0.2, 0.25) is 11.7 Å². The SMILES string of the molecule is C=CCCC(=O)C(=O)C(CCC)CC(=O)[C@@H]1[C@@H]2[C@H](CN1C(=O)[C@@H](NC(=O)N[C@H](C(=O)OC(C)(C)C1CC1)C(C)C)C(C)(C)C)C2(C)C. The Morgan fingerprint density at radius 1 is 1.02 bits per heavy atom. The molecule has 0 bridgehead atoms. The van der Waals surface area contributed by atoms with Crippen molar-refractivity contribution in [2.45, 2.75) is 138 Å². The van der Waals surface area contributed by atoms with Gasteiger partial charge in [-0.2, -0.15) is 0 Å². The second-order valence-corrected chi connectivity index (χ2v) is 16.6. The fourth-order valence-corrected chi connectivity index (χ4v) is 7.32. The van der Waals surface area contributed by atoms with Crippen LogP contribution in [0.1, 0.15) is 114 Å². The summed E-state index contributed by atoms with van der Waals surface area (Å²) < 4.78 is 5.82. The molecular weight excluding hydrogens is 598 g/mol. The number of carbonyl (C=O) groups is 6. The third-order valence-corrected chi connectivity index (χ3v) is 10.6. The van der Waals surface area contributed by atoms with E-state index >= 15 is 0 Å². The largest absolute Gasteiger partial charge is 0.458 e. The van der Waals surface area contributed by atoms with E-state index in [0.29, 0.717) is 31.7 Å². The third-order valence-electron chi connectivity index (χ3n) is 10.6. The molecule has 10 nitrogen and oxygen atoms in total. The highest BCUT2D eigenvalue weighted by Gasteiger charge is 2.69. The van der Waals surface area contributed by atoms with Gasteiger partial charge in [-0.1, -0.05) is 67.9 Å². The number of likely N-dealkylation sites (tertiary alicyclic amines) is 1. The summed E-state index contributed by atoms with van der Waals surface area (Å²) in [5, 5.41) is 5.58. The first kappa shape index (κ1) is 38.4. The van der Waals surface area contributed by atoms with E-state index in [2.05, 4.69) is 31.1 Å². The number of esters is 1. The number of fused-ring (bicyclic) bond motifs is 1. The standard InChI is InChI=1S/C37H59N3O7/c1-12-14-16-25(41)30(43)22(15-13-2)19-26(42)29-27-24(36(27,8)9)20-40(29)32(44)31(35(5,6)7)39-34(46)38-28(21(3)4)33(45)47-37(10,11)23-17-18-23/h12,21-24,27-29,31H,1,13-20H2,2-11H3,(H2,38,39,46)/t22?,24-,27-,28-,29+,31+/m0/s1. The number of rotatable bonds is 17. The number of hydrogen-bond acceptors (Lipinski definition) is 7. The minimum atomic E-state index is -1.00. The highest BCUT2D eigenvalue weighted by Crippen LogP contribution is 2.65. The molecular formula is C37H59N3O7. The van der Waals surface area contributed by atoms with Crippen molar-refractivity contribution in [1.82, 2.24) is 15.5 Å². The van der Waals surface area contributed by atoms with Gasteiger partial charge in [0, 0.05) is 25.3 Å². The van der Waals surface area contributed by atoms with Crippen LogP contribution in [-0.4, -0.2) is 70.4 Å². The van der Waals surface area contributed by atoms with Gasteiger partial charge in [-0.3, -0.25) is 19.2 Å². The molecule has 1 unspecified atom stereocenters. The van der Waals surface area contributed by atoms with Gasteiger partial charge < -0.3 is 20.3 Å². The average molecular weight is 658 g/mol. The first-order valence-electron chi connectivity index (χ1n) is 17.5. The van der Waals surface area contributed by atoms with Gasteiger partial charge >= 0.3 is 12.0 Å². The minimum Gasteiger partial charge on any atom is -0.458 e. The van der Waals surface area contributed by atoms with Crippen molar-refractivity contribution in [3.63, 3.8) is 0 Å². The zero-order chi connectivity index (χ0) is 35.6. The third kappa shape index (κ3) is 8.91. The number of nitrogens with one attached hydrogen (secondary N) is 2. The van der Waals surface area contributed by atoms with Crippen molar-refractivity contribution < 1.29 is 33.5 Å². The van der Waals surface area contributed by atoms with E-state index in [1.807, 2.05) is 55.4 Å². The summed E-state index contributed by atoms with van der Waals surface area (Å²) >= 11 is 0. The Balaban J connectivity index is 1.79. The average Bonchev–Trinajstić information content (AvgIpc) is 3.85. The van der Waals surface area contributed by atoms with Crippen LogP contribution in [0.5, 0.6) is 0 Å².